The molecule has 0 aliphatic carbocycles. The Morgan fingerprint density at radius 1 is 1.46 bits per heavy atom. The van der Waals surface area contributed by atoms with Crippen LogP contribution in [0.4, 0.5) is 0 Å². The van der Waals surface area contributed by atoms with Gasteiger partial charge in [0, 0.05) is 19.1 Å². The number of piperidine rings is 1. The molecule has 1 aliphatic rings. The van der Waals surface area contributed by atoms with Crippen LogP contribution < -0.4 is 10.5 Å². The van der Waals surface area contributed by atoms with Gasteiger partial charge in [-0.1, -0.05) is 6.07 Å². The number of likely N-dealkylation sites (tertiary alicyclic amines) is 1. The monoisotopic (exact) mass is 400 g/mol. The summed E-state index contributed by atoms with van der Waals surface area (Å²) in [6.45, 7) is 0.459. The van der Waals surface area contributed by atoms with Crippen LogP contribution in [0.2, 0.25) is 0 Å². The summed E-state index contributed by atoms with van der Waals surface area (Å²) in [5, 5.41) is 5.93. The van der Waals surface area contributed by atoms with E-state index in [9.17, 15) is 18.0 Å². The molecule has 0 bridgehead atoms. The SMILES string of the molecule is CS(=O)(=O)NC[C@H]1CCCCN1C(=O)Cn1nc(-c2cccs2)oc1=O. The summed E-state index contributed by atoms with van der Waals surface area (Å²) in [4.78, 5) is 27.0. The zero-order valence-corrected chi connectivity index (χ0v) is 15.9. The molecule has 0 radical (unpaired) electrons. The molecule has 3 heterocycles. The van der Waals surface area contributed by atoms with Crippen molar-refractivity contribution in [3.05, 3.63) is 28.1 Å². The summed E-state index contributed by atoms with van der Waals surface area (Å²) >= 11 is 1.39. The molecule has 0 aromatic carbocycles. The number of nitrogens with one attached hydrogen (secondary N) is 1. The summed E-state index contributed by atoms with van der Waals surface area (Å²) in [6.07, 6.45) is 3.56. The lowest BCUT2D eigenvalue weighted by atomic mass is 10.0. The van der Waals surface area contributed by atoms with Crippen LogP contribution in [0.1, 0.15) is 19.3 Å². The van der Waals surface area contributed by atoms with E-state index >= 15 is 0 Å². The molecule has 3 rings (SSSR count). The number of hydrogen-bond donors (Lipinski definition) is 1. The number of sulfonamides is 1. The Balaban J connectivity index is 1.71. The second-order valence-electron chi connectivity index (χ2n) is 6.17. The first kappa shape index (κ1) is 18.8. The first-order valence-electron chi connectivity index (χ1n) is 8.19. The van der Waals surface area contributed by atoms with E-state index in [2.05, 4.69) is 9.82 Å². The highest BCUT2D eigenvalue weighted by molar-refractivity contribution is 7.88. The number of carbonyl (C=O) groups excluding carboxylic acids is 1. The fraction of sp³-hybridized carbons (Fsp3) is 0.533. The average Bonchev–Trinajstić information content (AvgIpc) is 3.23. The molecule has 0 spiro atoms. The molecular weight excluding hydrogens is 380 g/mol. The average molecular weight is 400 g/mol. The molecule has 0 unspecified atom stereocenters. The maximum Gasteiger partial charge on any atom is 0.437 e. The minimum Gasteiger partial charge on any atom is -0.387 e. The highest BCUT2D eigenvalue weighted by atomic mass is 32.2. The normalized spacial score (nSPS) is 18.2. The Morgan fingerprint density at radius 3 is 2.96 bits per heavy atom. The van der Waals surface area contributed by atoms with Crippen LogP contribution >= 0.6 is 11.3 Å². The Labute approximate surface area is 154 Å². The van der Waals surface area contributed by atoms with Gasteiger partial charge in [-0.2, -0.15) is 4.68 Å². The van der Waals surface area contributed by atoms with Gasteiger partial charge in [-0.05, 0) is 30.7 Å². The van der Waals surface area contributed by atoms with Gasteiger partial charge in [0.15, 0.2) is 0 Å². The van der Waals surface area contributed by atoms with Gasteiger partial charge in [-0.25, -0.2) is 17.9 Å². The van der Waals surface area contributed by atoms with Gasteiger partial charge in [0.05, 0.1) is 11.1 Å². The fourth-order valence-electron chi connectivity index (χ4n) is 2.91. The maximum atomic E-state index is 12.7. The Morgan fingerprint density at radius 2 is 2.27 bits per heavy atom. The van der Waals surface area contributed by atoms with E-state index in [0.29, 0.717) is 17.8 Å². The van der Waals surface area contributed by atoms with E-state index in [4.69, 9.17) is 4.42 Å². The zero-order valence-electron chi connectivity index (χ0n) is 14.3. The summed E-state index contributed by atoms with van der Waals surface area (Å²) in [7, 11) is -3.33. The van der Waals surface area contributed by atoms with E-state index in [0.717, 1.165) is 23.8 Å². The number of rotatable bonds is 6. The first-order valence-corrected chi connectivity index (χ1v) is 11.0. The number of hydrogen-bond acceptors (Lipinski definition) is 7. The van der Waals surface area contributed by atoms with E-state index in [1.807, 2.05) is 11.4 Å². The fourth-order valence-corrected chi connectivity index (χ4v) is 4.05. The minimum absolute atomic E-state index is 0.165. The van der Waals surface area contributed by atoms with Crippen LogP contribution in [0.3, 0.4) is 0 Å². The maximum absolute atomic E-state index is 12.7. The lowest BCUT2D eigenvalue weighted by Crippen LogP contribution is -2.50. The van der Waals surface area contributed by atoms with Gasteiger partial charge in [-0.15, -0.1) is 16.4 Å². The molecule has 1 amide bonds. The van der Waals surface area contributed by atoms with Crippen molar-refractivity contribution in [2.45, 2.75) is 31.8 Å². The quantitative estimate of drug-likeness (QED) is 0.755. The highest BCUT2D eigenvalue weighted by Gasteiger charge is 2.28. The third-order valence-electron chi connectivity index (χ3n) is 4.15. The smallest absolute Gasteiger partial charge is 0.387 e. The second-order valence-corrected chi connectivity index (χ2v) is 8.95. The van der Waals surface area contributed by atoms with Gasteiger partial charge in [0.2, 0.25) is 15.9 Å². The summed E-state index contributed by atoms with van der Waals surface area (Å²) in [5.74, 6) is -0.783. The Bertz CT molecular complexity index is 916. The van der Waals surface area contributed by atoms with Crippen molar-refractivity contribution in [1.29, 1.82) is 0 Å². The predicted octanol–water partition coefficient (Wildman–Crippen LogP) is 0.495. The highest BCUT2D eigenvalue weighted by Crippen LogP contribution is 2.21. The molecule has 11 heteroatoms. The van der Waals surface area contributed by atoms with Crippen molar-refractivity contribution >= 4 is 27.3 Å². The molecule has 2 aromatic heterocycles. The van der Waals surface area contributed by atoms with Crippen molar-refractivity contribution in [3.8, 4) is 10.8 Å². The molecule has 1 aliphatic heterocycles. The van der Waals surface area contributed by atoms with Crippen molar-refractivity contribution < 1.29 is 17.6 Å². The molecule has 142 valence electrons. The van der Waals surface area contributed by atoms with Crippen LogP contribution in [-0.4, -0.2) is 54.4 Å². The molecule has 9 nitrogen and oxygen atoms in total. The Hall–Kier alpha value is -1.98. The van der Waals surface area contributed by atoms with Crippen molar-refractivity contribution in [2.75, 3.05) is 19.3 Å². The lowest BCUT2D eigenvalue weighted by Gasteiger charge is -2.35. The number of nitrogens with zero attached hydrogens (tertiary/aromatic N) is 3. The van der Waals surface area contributed by atoms with Crippen molar-refractivity contribution in [3.63, 3.8) is 0 Å². The largest absolute Gasteiger partial charge is 0.437 e. The van der Waals surface area contributed by atoms with Crippen LogP contribution in [0.15, 0.2) is 26.7 Å². The van der Waals surface area contributed by atoms with Gasteiger partial charge >= 0.3 is 5.76 Å². The third-order valence-corrected chi connectivity index (χ3v) is 5.70. The number of amides is 1. The van der Waals surface area contributed by atoms with Gasteiger partial charge in [0.25, 0.3) is 5.89 Å². The van der Waals surface area contributed by atoms with Gasteiger partial charge < -0.3 is 9.32 Å². The van der Waals surface area contributed by atoms with Gasteiger partial charge in [0.1, 0.15) is 6.54 Å². The number of thiophene rings is 1. The molecule has 26 heavy (non-hydrogen) atoms. The predicted molar refractivity (Wildman–Crippen MR) is 96.3 cm³/mol. The van der Waals surface area contributed by atoms with Crippen molar-refractivity contribution in [2.24, 2.45) is 0 Å². The van der Waals surface area contributed by atoms with E-state index in [1.54, 1.807) is 11.0 Å². The van der Waals surface area contributed by atoms with Crippen LogP contribution in [0, 0.1) is 0 Å². The van der Waals surface area contributed by atoms with E-state index < -0.39 is 15.8 Å². The lowest BCUT2D eigenvalue weighted by molar-refractivity contribution is -0.135. The first-order chi connectivity index (χ1) is 12.3. The zero-order chi connectivity index (χ0) is 18.7. The molecule has 0 saturated carbocycles. The standard InChI is InChI=1S/C15H20N4O5S2/c1-26(22,23)16-9-11-5-2-3-7-18(11)13(20)10-19-15(21)24-14(17-19)12-6-4-8-25-12/h4,6,8,11,16H,2-3,5,7,9-10H2,1H3/t11-/m1/s1. The minimum atomic E-state index is -3.33. The number of aromatic nitrogens is 2. The summed E-state index contributed by atoms with van der Waals surface area (Å²) in [6, 6.07) is 3.36. The Kier molecular flexibility index (Phi) is 5.58. The molecule has 1 fully saturated rings. The van der Waals surface area contributed by atoms with Crippen LogP contribution in [0.25, 0.3) is 10.8 Å². The third kappa shape index (κ3) is 4.59. The van der Waals surface area contributed by atoms with Crippen LogP contribution in [-0.2, 0) is 21.4 Å². The summed E-state index contributed by atoms with van der Waals surface area (Å²) < 4.78 is 31.2. The van der Waals surface area contributed by atoms with E-state index in [1.165, 1.54) is 11.3 Å². The second kappa shape index (κ2) is 7.72. The molecule has 1 atom stereocenters. The molecule has 2 aromatic rings. The van der Waals surface area contributed by atoms with E-state index in [-0.39, 0.29) is 30.9 Å². The number of carbonyl (C=O) groups is 1. The molecule has 1 N–H and O–H groups in total. The van der Waals surface area contributed by atoms with Gasteiger partial charge in [-0.3, -0.25) is 4.79 Å². The van der Waals surface area contributed by atoms with Crippen molar-refractivity contribution in [1.82, 2.24) is 19.4 Å². The molecular formula is C15H20N4O5S2. The molecule has 1 saturated heterocycles. The van der Waals surface area contributed by atoms with Crippen LogP contribution in [0.5, 0.6) is 0 Å². The summed E-state index contributed by atoms with van der Waals surface area (Å²) in [5.41, 5.74) is 0. The topological polar surface area (TPSA) is 115 Å².